The van der Waals surface area contributed by atoms with E-state index in [-0.39, 0.29) is 5.97 Å². The molecule has 3 heteroatoms. The lowest BCUT2D eigenvalue weighted by Gasteiger charge is -2.28. The van der Waals surface area contributed by atoms with Crippen LogP contribution >= 0.6 is 0 Å². The van der Waals surface area contributed by atoms with Gasteiger partial charge in [-0.25, -0.2) is 4.79 Å². The first-order valence-electron chi connectivity index (χ1n) is 14.2. The quantitative estimate of drug-likeness (QED) is 0.145. The van der Waals surface area contributed by atoms with E-state index in [2.05, 4.69) is 26.0 Å². The van der Waals surface area contributed by atoms with Crippen LogP contribution < -0.4 is 9.47 Å². The lowest BCUT2D eigenvalue weighted by Crippen LogP contribution is -2.15. The molecule has 0 aromatic heterocycles. The van der Waals surface area contributed by atoms with Gasteiger partial charge in [0, 0.05) is 0 Å². The van der Waals surface area contributed by atoms with E-state index in [4.69, 9.17) is 9.47 Å². The standard InChI is InChI=1S/C32H46O3/c1-3-5-6-7-8-11-27-17-21-31(22-18-27)35-32(33)29-19-23-30(24-20-29)34-25-9-12-28-15-13-26(10-4-2)14-16-28/h17-24,26,28H,3-16,25H2,1-2H3. The van der Waals surface area contributed by atoms with Crippen molar-refractivity contribution in [1.82, 2.24) is 0 Å². The first kappa shape index (κ1) is 27.3. The van der Waals surface area contributed by atoms with Crippen LogP contribution in [0.5, 0.6) is 11.5 Å². The predicted molar refractivity (Wildman–Crippen MR) is 145 cm³/mol. The van der Waals surface area contributed by atoms with Gasteiger partial charge in [0.15, 0.2) is 0 Å². The van der Waals surface area contributed by atoms with E-state index >= 15 is 0 Å². The van der Waals surface area contributed by atoms with Crippen molar-refractivity contribution in [3.63, 3.8) is 0 Å². The number of hydrogen-bond donors (Lipinski definition) is 0. The Morgan fingerprint density at radius 3 is 2.00 bits per heavy atom. The number of hydrogen-bond acceptors (Lipinski definition) is 3. The second-order valence-electron chi connectivity index (χ2n) is 10.4. The van der Waals surface area contributed by atoms with Crippen molar-refractivity contribution >= 4 is 5.97 Å². The van der Waals surface area contributed by atoms with Gasteiger partial charge in [0.1, 0.15) is 11.5 Å². The molecule has 0 N–H and O–H groups in total. The molecule has 0 saturated heterocycles. The maximum atomic E-state index is 12.5. The number of ether oxygens (including phenoxy) is 2. The summed E-state index contributed by atoms with van der Waals surface area (Å²) in [6, 6.07) is 15.2. The minimum Gasteiger partial charge on any atom is -0.494 e. The normalized spacial score (nSPS) is 17.8. The summed E-state index contributed by atoms with van der Waals surface area (Å²) in [6.45, 7) is 5.28. The second-order valence-corrected chi connectivity index (χ2v) is 10.4. The summed E-state index contributed by atoms with van der Waals surface area (Å²) in [5, 5.41) is 0. The molecule has 0 bridgehead atoms. The summed E-state index contributed by atoms with van der Waals surface area (Å²) >= 11 is 0. The molecule has 0 radical (unpaired) electrons. The summed E-state index contributed by atoms with van der Waals surface area (Å²) < 4.78 is 11.5. The highest BCUT2D eigenvalue weighted by molar-refractivity contribution is 5.91. The Labute approximate surface area is 213 Å². The molecule has 192 valence electrons. The van der Waals surface area contributed by atoms with Gasteiger partial charge in [-0.15, -0.1) is 0 Å². The topological polar surface area (TPSA) is 35.5 Å². The fraction of sp³-hybridized carbons (Fsp3) is 0.594. The van der Waals surface area contributed by atoms with Crippen molar-refractivity contribution in [2.24, 2.45) is 11.8 Å². The molecule has 0 atom stereocenters. The molecule has 1 aliphatic carbocycles. The van der Waals surface area contributed by atoms with E-state index in [0.29, 0.717) is 11.3 Å². The van der Waals surface area contributed by atoms with Crippen molar-refractivity contribution in [1.29, 1.82) is 0 Å². The van der Waals surface area contributed by atoms with Crippen LogP contribution in [-0.4, -0.2) is 12.6 Å². The van der Waals surface area contributed by atoms with Crippen LogP contribution in [0.2, 0.25) is 0 Å². The molecule has 1 fully saturated rings. The number of rotatable bonds is 15. The Hall–Kier alpha value is -2.29. The third-order valence-electron chi connectivity index (χ3n) is 7.48. The van der Waals surface area contributed by atoms with Crippen LogP contribution in [0.25, 0.3) is 0 Å². The van der Waals surface area contributed by atoms with Gasteiger partial charge in [-0.1, -0.05) is 90.2 Å². The first-order valence-corrected chi connectivity index (χ1v) is 14.2. The summed E-state index contributed by atoms with van der Waals surface area (Å²) in [4.78, 5) is 12.5. The molecule has 1 saturated carbocycles. The van der Waals surface area contributed by atoms with E-state index in [1.54, 1.807) is 12.1 Å². The van der Waals surface area contributed by atoms with Crippen molar-refractivity contribution in [2.75, 3.05) is 6.61 Å². The SMILES string of the molecule is CCCCCCCc1ccc(OC(=O)c2ccc(OCCCC3CCC(CCC)CC3)cc2)cc1. The monoisotopic (exact) mass is 478 g/mol. The zero-order chi connectivity index (χ0) is 24.7. The number of esters is 1. The lowest BCUT2D eigenvalue weighted by molar-refractivity contribution is 0.0734. The highest BCUT2D eigenvalue weighted by Gasteiger charge is 2.20. The van der Waals surface area contributed by atoms with Crippen LogP contribution in [-0.2, 0) is 6.42 Å². The van der Waals surface area contributed by atoms with Gasteiger partial charge in [0.05, 0.1) is 12.2 Å². The average molecular weight is 479 g/mol. The van der Waals surface area contributed by atoms with E-state index in [0.717, 1.165) is 37.0 Å². The number of carbonyl (C=O) groups is 1. The van der Waals surface area contributed by atoms with Gasteiger partial charge in [0.25, 0.3) is 0 Å². The molecule has 35 heavy (non-hydrogen) atoms. The maximum Gasteiger partial charge on any atom is 0.343 e. The van der Waals surface area contributed by atoms with E-state index in [1.165, 1.54) is 82.6 Å². The lowest BCUT2D eigenvalue weighted by atomic mass is 9.78. The molecular weight excluding hydrogens is 432 g/mol. The van der Waals surface area contributed by atoms with E-state index in [9.17, 15) is 4.79 Å². The molecule has 1 aliphatic rings. The highest BCUT2D eigenvalue weighted by Crippen LogP contribution is 2.33. The van der Waals surface area contributed by atoms with Gasteiger partial charge in [-0.05, 0) is 79.5 Å². The number of aryl methyl sites for hydroxylation is 1. The number of benzene rings is 2. The molecule has 0 amide bonds. The third kappa shape index (κ3) is 10.1. The number of unbranched alkanes of at least 4 members (excludes halogenated alkanes) is 4. The fourth-order valence-corrected chi connectivity index (χ4v) is 5.29. The first-order chi connectivity index (χ1) is 17.2. The van der Waals surface area contributed by atoms with Crippen molar-refractivity contribution in [2.45, 2.75) is 104 Å². The Morgan fingerprint density at radius 2 is 1.34 bits per heavy atom. The minimum absolute atomic E-state index is 0.331. The zero-order valence-electron chi connectivity index (χ0n) is 22.1. The average Bonchev–Trinajstić information content (AvgIpc) is 2.89. The van der Waals surface area contributed by atoms with Gasteiger partial charge >= 0.3 is 5.97 Å². The predicted octanol–water partition coefficient (Wildman–Crippen LogP) is 9.18. The van der Waals surface area contributed by atoms with E-state index in [1.807, 2.05) is 24.3 Å². The summed E-state index contributed by atoms with van der Waals surface area (Å²) in [6.07, 6.45) is 18.2. The Bertz CT molecular complexity index is 832. The van der Waals surface area contributed by atoms with Crippen molar-refractivity contribution < 1.29 is 14.3 Å². The van der Waals surface area contributed by atoms with Crippen LogP contribution in [0, 0.1) is 11.8 Å². The molecule has 2 aromatic carbocycles. The van der Waals surface area contributed by atoms with Gasteiger partial charge in [-0.2, -0.15) is 0 Å². The molecule has 3 nitrogen and oxygen atoms in total. The van der Waals surface area contributed by atoms with Crippen LogP contribution in [0.3, 0.4) is 0 Å². The van der Waals surface area contributed by atoms with Crippen LogP contribution in [0.4, 0.5) is 0 Å². The van der Waals surface area contributed by atoms with Crippen LogP contribution in [0.1, 0.15) is 113 Å². The van der Waals surface area contributed by atoms with Crippen molar-refractivity contribution in [3.05, 3.63) is 59.7 Å². The molecule has 0 spiro atoms. The Kier molecular flexibility index (Phi) is 12.2. The summed E-state index contributed by atoms with van der Waals surface area (Å²) in [7, 11) is 0. The van der Waals surface area contributed by atoms with Gasteiger partial charge in [-0.3, -0.25) is 0 Å². The smallest absolute Gasteiger partial charge is 0.343 e. The molecule has 2 aromatic rings. The summed E-state index contributed by atoms with van der Waals surface area (Å²) in [5.41, 5.74) is 1.84. The molecule has 3 rings (SSSR count). The third-order valence-corrected chi connectivity index (χ3v) is 7.48. The van der Waals surface area contributed by atoms with E-state index < -0.39 is 0 Å². The zero-order valence-corrected chi connectivity index (χ0v) is 22.1. The second kappa shape index (κ2) is 15.7. The maximum absolute atomic E-state index is 12.5. The molecule has 0 unspecified atom stereocenters. The summed E-state index contributed by atoms with van der Waals surface area (Å²) in [5.74, 6) is 2.93. The van der Waals surface area contributed by atoms with Crippen LogP contribution in [0.15, 0.2) is 48.5 Å². The highest BCUT2D eigenvalue weighted by atomic mass is 16.5. The largest absolute Gasteiger partial charge is 0.494 e. The Morgan fingerprint density at radius 1 is 0.714 bits per heavy atom. The number of carbonyl (C=O) groups excluding carboxylic acids is 1. The van der Waals surface area contributed by atoms with Gasteiger partial charge in [0.2, 0.25) is 0 Å². The molecule has 0 aliphatic heterocycles. The van der Waals surface area contributed by atoms with Gasteiger partial charge < -0.3 is 9.47 Å². The Balaban J connectivity index is 1.33. The molecule has 0 heterocycles. The van der Waals surface area contributed by atoms with Crippen molar-refractivity contribution in [3.8, 4) is 11.5 Å². The molecular formula is C32H46O3. The fourth-order valence-electron chi connectivity index (χ4n) is 5.29. The minimum atomic E-state index is -0.331.